The number of carbonyl (C=O) groups excluding carboxylic acids is 1. The Morgan fingerprint density at radius 2 is 1.59 bits per heavy atom. The SMILES string of the molecule is CCCN(CCC)S(=O)(=O)c1cccc(C(=O)Nc2ccc(CC)cc2)c1. The number of hydrogen-bond donors (Lipinski definition) is 1. The van der Waals surface area contributed by atoms with Crippen LogP contribution in [-0.2, 0) is 16.4 Å². The molecule has 0 aliphatic heterocycles. The van der Waals surface area contributed by atoms with Crippen LogP contribution >= 0.6 is 0 Å². The molecule has 1 amide bonds. The molecule has 5 nitrogen and oxygen atoms in total. The summed E-state index contributed by atoms with van der Waals surface area (Å²) < 4.78 is 27.3. The third-order valence-corrected chi connectivity index (χ3v) is 6.19. The number of carbonyl (C=O) groups is 1. The van der Waals surface area contributed by atoms with Crippen LogP contribution in [0.1, 0.15) is 49.5 Å². The van der Waals surface area contributed by atoms with Crippen molar-refractivity contribution >= 4 is 21.6 Å². The fraction of sp³-hybridized carbons (Fsp3) is 0.381. The largest absolute Gasteiger partial charge is 0.322 e. The maximum absolute atomic E-state index is 12.9. The molecule has 0 spiro atoms. The maximum atomic E-state index is 12.9. The first-order valence-electron chi connectivity index (χ1n) is 9.42. The van der Waals surface area contributed by atoms with Crippen molar-refractivity contribution in [3.63, 3.8) is 0 Å². The minimum Gasteiger partial charge on any atom is -0.322 e. The molecule has 2 aromatic carbocycles. The first kappa shape index (κ1) is 21.1. The van der Waals surface area contributed by atoms with Crippen LogP contribution in [0.5, 0.6) is 0 Å². The van der Waals surface area contributed by atoms with Gasteiger partial charge in [0.15, 0.2) is 0 Å². The van der Waals surface area contributed by atoms with Gasteiger partial charge in [0, 0.05) is 24.3 Å². The number of rotatable bonds is 9. The van der Waals surface area contributed by atoms with Gasteiger partial charge in [-0.2, -0.15) is 4.31 Å². The highest BCUT2D eigenvalue weighted by atomic mass is 32.2. The maximum Gasteiger partial charge on any atom is 0.255 e. The average Bonchev–Trinajstić information content (AvgIpc) is 2.68. The van der Waals surface area contributed by atoms with Crippen LogP contribution in [0.3, 0.4) is 0 Å². The van der Waals surface area contributed by atoms with E-state index < -0.39 is 10.0 Å². The minimum absolute atomic E-state index is 0.151. The van der Waals surface area contributed by atoms with Crippen LogP contribution in [0.2, 0.25) is 0 Å². The molecule has 0 saturated carbocycles. The molecule has 2 aromatic rings. The number of benzene rings is 2. The van der Waals surface area contributed by atoms with E-state index in [0.29, 0.717) is 24.3 Å². The van der Waals surface area contributed by atoms with Crippen LogP contribution in [0, 0.1) is 0 Å². The molecule has 0 heterocycles. The molecule has 0 radical (unpaired) electrons. The van der Waals surface area contributed by atoms with E-state index in [1.807, 2.05) is 38.1 Å². The van der Waals surface area contributed by atoms with Gasteiger partial charge in [0.05, 0.1) is 4.90 Å². The lowest BCUT2D eigenvalue weighted by molar-refractivity contribution is 0.102. The zero-order chi connectivity index (χ0) is 19.9. The molecule has 0 saturated heterocycles. The predicted molar refractivity (Wildman–Crippen MR) is 110 cm³/mol. The third-order valence-electron chi connectivity index (χ3n) is 4.30. The molecule has 0 unspecified atom stereocenters. The lowest BCUT2D eigenvalue weighted by atomic mass is 10.1. The summed E-state index contributed by atoms with van der Waals surface area (Å²) in [6.07, 6.45) is 2.42. The van der Waals surface area contributed by atoms with Crippen LogP contribution < -0.4 is 5.32 Å². The summed E-state index contributed by atoms with van der Waals surface area (Å²) in [7, 11) is -3.61. The topological polar surface area (TPSA) is 66.5 Å². The van der Waals surface area contributed by atoms with Crippen molar-refractivity contribution in [1.82, 2.24) is 4.31 Å². The third kappa shape index (κ3) is 5.40. The Labute approximate surface area is 162 Å². The second kappa shape index (κ2) is 9.67. The summed E-state index contributed by atoms with van der Waals surface area (Å²) in [6.45, 7) is 6.91. The molecule has 0 aliphatic carbocycles. The normalized spacial score (nSPS) is 11.6. The van der Waals surface area contributed by atoms with Gasteiger partial charge >= 0.3 is 0 Å². The molecule has 0 atom stereocenters. The summed E-state index contributed by atoms with van der Waals surface area (Å²) in [5.74, 6) is -0.325. The number of aryl methyl sites for hydroxylation is 1. The molecule has 0 fully saturated rings. The number of nitrogens with one attached hydrogen (secondary N) is 1. The van der Waals surface area contributed by atoms with Crippen molar-refractivity contribution in [3.05, 3.63) is 59.7 Å². The molecule has 6 heteroatoms. The summed E-state index contributed by atoms with van der Waals surface area (Å²) in [4.78, 5) is 12.7. The van der Waals surface area contributed by atoms with Gasteiger partial charge in [-0.25, -0.2) is 8.42 Å². The second-order valence-electron chi connectivity index (χ2n) is 6.44. The number of amides is 1. The van der Waals surface area contributed by atoms with Crippen LogP contribution in [0.15, 0.2) is 53.4 Å². The molecule has 2 rings (SSSR count). The predicted octanol–water partition coefficient (Wildman–Crippen LogP) is 4.31. The highest BCUT2D eigenvalue weighted by Crippen LogP contribution is 2.19. The quantitative estimate of drug-likeness (QED) is 0.696. The monoisotopic (exact) mass is 388 g/mol. The lowest BCUT2D eigenvalue weighted by Gasteiger charge is -2.21. The van der Waals surface area contributed by atoms with E-state index in [0.717, 1.165) is 19.3 Å². The van der Waals surface area contributed by atoms with Gasteiger partial charge in [-0.1, -0.05) is 39.0 Å². The first-order valence-corrected chi connectivity index (χ1v) is 10.9. The highest BCUT2D eigenvalue weighted by molar-refractivity contribution is 7.89. The Balaban J connectivity index is 2.23. The van der Waals surface area contributed by atoms with Crippen LogP contribution in [-0.4, -0.2) is 31.7 Å². The number of hydrogen-bond acceptors (Lipinski definition) is 3. The van der Waals surface area contributed by atoms with Crippen LogP contribution in [0.25, 0.3) is 0 Å². The second-order valence-corrected chi connectivity index (χ2v) is 8.37. The molecule has 27 heavy (non-hydrogen) atoms. The van der Waals surface area contributed by atoms with E-state index in [1.165, 1.54) is 15.9 Å². The molecular formula is C21H28N2O3S. The standard InChI is InChI=1S/C21H28N2O3S/c1-4-14-23(15-5-2)27(25,26)20-9-7-8-18(16-20)21(24)22-19-12-10-17(6-3)11-13-19/h7-13,16H,4-6,14-15H2,1-3H3,(H,22,24). The summed E-state index contributed by atoms with van der Waals surface area (Å²) >= 11 is 0. The van der Waals surface area contributed by atoms with Gasteiger partial charge in [-0.05, 0) is 55.2 Å². The lowest BCUT2D eigenvalue weighted by Crippen LogP contribution is -2.32. The number of anilines is 1. The first-order chi connectivity index (χ1) is 12.9. The van der Waals surface area contributed by atoms with E-state index in [9.17, 15) is 13.2 Å². The van der Waals surface area contributed by atoms with Crippen molar-refractivity contribution in [2.75, 3.05) is 18.4 Å². The fourth-order valence-corrected chi connectivity index (χ4v) is 4.50. The molecule has 0 aliphatic rings. The van der Waals surface area contributed by atoms with Gasteiger partial charge in [-0.15, -0.1) is 0 Å². The Morgan fingerprint density at radius 3 is 2.15 bits per heavy atom. The Kier molecular flexibility index (Phi) is 7.56. The van der Waals surface area contributed by atoms with E-state index in [-0.39, 0.29) is 10.8 Å². The van der Waals surface area contributed by atoms with E-state index in [2.05, 4.69) is 12.2 Å². The highest BCUT2D eigenvalue weighted by Gasteiger charge is 2.23. The average molecular weight is 389 g/mol. The van der Waals surface area contributed by atoms with Gasteiger partial charge in [0.2, 0.25) is 10.0 Å². The number of sulfonamides is 1. The fourth-order valence-electron chi connectivity index (χ4n) is 2.82. The van der Waals surface area contributed by atoms with Gasteiger partial charge in [-0.3, -0.25) is 4.79 Å². The Morgan fingerprint density at radius 1 is 0.963 bits per heavy atom. The zero-order valence-electron chi connectivity index (χ0n) is 16.2. The zero-order valence-corrected chi connectivity index (χ0v) is 17.1. The summed E-state index contributed by atoms with van der Waals surface area (Å²) in [5, 5.41) is 2.82. The summed E-state index contributed by atoms with van der Waals surface area (Å²) in [6, 6.07) is 13.8. The van der Waals surface area contributed by atoms with E-state index in [4.69, 9.17) is 0 Å². The van der Waals surface area contributed by atoms with Gasteiger partial charge in [0.25, 0.3) is 5.91 Å². The van der Waals surface area contributed by atoms with Gasteiger partial charge in [0.1, 0.15) is 0 Å². The van der Waals surface area contributed by atoms with E-state index in [1.54, 1.807) is 18.2 Å². The van der Waals surface area contributed by atoms with Crippen molar-refractivity contribution in [2.45, 2.75) is 44.9 Å². The van der Waals surface area contributed by atoms with Crippen LogP contribution in [0.4, 0.5) is 5.69 Å². The van der Waals surface area contributed by atoms with Crippen molar-refractivity contribution < 1.29 is 13.2 Å². The van der Waals surface area contributed by atoms with Gasteiger partial charge < -0.3 is 5.32 Å². The molecular weight excluding hydrogens is 360 g/mol. The smallest absolute Gasteiger partial charge is 0.255 e. The minimum atomic E-state index is -3.61. The number of nitrogens with zero attached hydrogens (tertiary/aromatic N) is 1. The van der Waals surface area contributed by atoms with Crippen molar-refractivity contribution in [2.24, 2.45) is 0 Å². The Hall–Kier alpha value is -2.18. The molecule has 0 aromatic heterocycles. The van der Waals surface area contributed by atoms with E-state index >= 15 is 0 Å². The summed E-state index contributed by atoms with van der Waals surface area (Å²) in [5.41, 5.74) is 2.20. The molecule has 0 bridgehead atoms. The molecule has 146 valence electrons. The van der Waals surface area contributed by atoms with Crippen molar-refractivity contribution in [1.29, 1.82) is 0 Å². The Bertz CT molecular complexity index is 855. The van der Waals surface area contributed by atoms with Crippen molar-refractivity contribution in [3.8, 4) is 0 Å². The molecule has 1 N–H and O–H groups in total.